The summed E-state index contributed by atoms with van der Waals surface area (Å²) in [6.07, 6.45) is 3.16. The predicted octanol–water partition coefficient (Wildman–Crippen LogP) is 7.72. The first-order chi connectivity index (χ1) is 20.7. The van der Waals surface area contributed by atoms with E-state index >= 15 is 0 Å². The van der Waals surface area contributed by atoms with Crippen LogP contribution in [0.4, 0.5) is 0 Å². The van der Waals surface area contributed by atoms with E-state index in [0.29, 0.717) is 27.1 Å². The first-order valence-electron chi connectivity index (χ1n) is 13.9. The van der Waals surface area contributed by atoms with Gasteiger partial charge in [-0.15, -0.1) is 0 Å². The van der Waals surface area contributed by atoms with Crippen LogP contribution in [0.1, 0.15) is 0 Å². The van der Waals surface area contributed by atoms with Crippen LogP contribution in [0.5, 0.6) is 0 Å². The molecule has 0 bridgehead atoms. The third-order valence-electron chi connectivity index (χ3n) is 8.53. The van der Waals surface area contributed by atoms with Gasteiger partial charge in [0.25, 0.3) is 0 Å². The summed E-state index contributed by atoms with van der Waals surface area (Å²) in [6, 6.07) is 38.9. The second-order valence-corrected chi connectivity index (χ2v) is 10.7. The molecule has 4 heterocycles. The highest BCUT2D eigenvalue weighted by molar-refractivity contribution is 6.15. The largest absolute Gasteiger partial charge is 0.309 e. The Kier molecular flexibility index (Phi) is 4.56. The number of fused-ring (bicyclic) bond motifs is 7. The standard InChI is InChI=1S/C37H21N3O2/c41-36-26-11-5-7-13-32(26)40-34-18-27-25-10-4-6-12-31(25)39(24-16-14-23(15-17-24)22-8-2-1-3-9-22)33(27)19-28(34)37(42)30-21-38-20-29(36)35(30)40/h1-21H. The van der Waals surface area contributed by atoms with Crippen LogP contribution in [0.15, 0.2) is 137 Å². The fourth-order valence-electron chi connectivity index (χ4n) is 6.63. The SMILES string of the molecule is O=c1c2ccccc2n2c3cc4c5ccccc5n(-c5ccc(-c6ccccc6)cc5)c4cc3c(=O)c3cncc1c32. The van der Waals surface area contributed by atoms with Gasteiger partial charge in [-0.05, 0) is 53.6 Å². The Morgan fingerprint density at radius 3 is 1.81 bits per heavy atom. The van der Waals surface area contributed by atoms with Crippen LogP contribution in [-0.2, 0) is 0 Å². The van der Waals surface area contributed by atoms with Crippen LogP contribution in [0.25, 0.3) is 76.7 Å². The zero-order valence-corrected chi connectivity index (χ0v) is 22.3. The quantitative estimate of drug-likeness (QED) is 0.167. The van der Waals surface area contributed by atoms with Gasteiger partial charge in [-0.25, -0.2) is 0 Å². The molecule has 0 radical (unpaired) electrons. The molecule has 0 aliphatic rings. The number of para-hydroxylation sites is 2. The summed E-state index contributed by atoms with van der Waals surface area (Å²) in [6.45, 7) is 0. The lowest BCUT2D eigenvalue weighted by molar-refractivity contribution is 1.18. The van der Waals surface area contributed by atoms with Crippen LogP contribution < -0.4 is 10.9 Å². The molecule has 0 aliphatic carbocycles. The molecule has 5 nitrogen and oxygen atoms in total. The average Bonchev–Trinajstić information content (AvgIpc) is 3.37. The van der Waals surface area contributed by atoms with Gasteiger partial charge >= 0.3 is 0 Å². The lowest BCUT2D eigenvalue weighted by Crippen LogP contribution is -2.14. The zero-order valence-electron chi connectivity index (χ0n) is 22.3. The molecule has 0 saturated heterocycles. The predicted molar refractivity (Wildman–Crippen MR) is 171 cm³/mol. The number of hydrogen-bond donors (Lipinski definition) is 0. The van der Waals surface area contributed by atoms with E-state index in [1.807, 2.05) is 60.7 Å². The van der Waals surface area contributed by atoms with E-state index in [4.69, 9.17) is 0 Å². The highest BCUT2D eigenvalue weighted by atomic mass is 16.1. The summed E-state index contributed by atoms with van der Waals surface area (Å²) in [5.41, 5.74) is 7.26. The van der Waals surface area contributed by atoms with Gasteiger partial charge in [0.15, 0.2) is 10.9 Å². The summed E-state index contributed by atoms with van der Waals surface area (Å²) < 4.78 is 4.30. The molecule has 42 heavy (non-hydrogen) atoms. The van der Waals surface area contributed by atoms with Crippen molar-refractivity contribution >= 4 is 59.9 Å². The number of benzene rings is 5. The highest BCUT2D eigenvalue weighted by Crippen LogP contribution is 2.36. The van der Waals surface area contributed by atoms with E-state index in [1.165, 1.54) is 0 Å². The maximum atomic E-state index is 14.1. The first-order valence-corrected chi connectivity index (χ1v) is 13.9. The fraction of sp³-hybridized carbons (Fsp3) is 0. The molecule has 196 valence electrons. The van der Waals surface area contributed by atoms with Crippen LogP contribution in [-0.4, -0.2) is 14.0 Å². The first kappa shape index (κ1) is 22.9. The van der Waals surface area contributed by atoms with E-state index in [9.17, 15) is 9.59 Å². The van der Waals surface area contributed by atoms with Gasteiger partial charge in [-0.1, -0.05) is 72.8 Å². The topological polar surface area (TPSA) is 56.4 Å². The monoisotopic (exact) mass is 539 g/mol. The number of pyridine rings is 3. The van der Waals surface area contributed by atoms with Gasteiger partial charge < -0.3 is 8.97 Å². The van der Waals surface area contributed by atoms with E-state index in [1.54, 1.807) is 12.4 Å². The summed E-state index contributed by atoms with van der Waals surface area (Å²) >= 11 is 0. The summed E-state index contributed by atoms with van der Waals surface area (Å²) in [5.74, 6) is 0. The molecule has 0 saturated carbocycles. The van der Waals surface area contributed by atoms with Gasteiger partial charge in [-0.3, -0.25) is 14.6 Å². The zero-order chi connectivity index (χ0) is 27.9. The van der Waals surface area contributed by atoms with Crippen molar-refractivity contribution < 1.29 is 0 Å². The lowest BCUT2D eigenvalue weighted by Gasteiger charge is -2.15. The Balaban J connectivity index is 1.44. The molecule has 5 aromatic carbocycles. The minimum Gasteiger partial charge on any atom is -0.309 e. The van der Waals surface area contributed by atoms with Crippen LogP contribution in [0.3, 0.4) is 0 Å². The Bertz CT molecular complexity index is 2650. The van der Waals surface area contributed by atoms with E-state index in [0.717, 1.165) is 49.7 Å². The molecule has 4 aromatic heterocycles. The van der Waals surface area contributed by atoms with Crippen molar-refractivity contribution in [2.24, 2.45) is 0 Å². The van der Waals surface area contributed by atoms with Crippen LogP contribution in [0, 0.1) is 0 Å². The Morgan fingerprint density at radius 2 is 1.05 bits per heavy atom. The Morgan fingerprint density at radius 1 is 0.452 bits per heavy atom. The molecule has 0 fully saturated rings. The summed E-state index contributed by atoms with van der Waals surface area (Å²) in [5, 5.41) is 4.21. The van der Waals surface area contributed by atoms with Crippen LogP contribution >= 0.6 is 0 Å². The minimum atomic E-state index is -0.129. The molecule has 0 atom stereocenters. The van der Waals surface area contributed by atoms with E-state index in [-0.39, 0.29) is 10.9 Å². The maximum Gasteiger partial charge on any atom is 0.198 e. The molecule has 0 N–H and O–H groups in total. The van der Waals surface area contributed by atoms with Crippen molar-refractivity contribution in [1.29, 1.82) is 0 Å². The van der Waals surface area contributed by atoms with E-state index < -0.39 is 0 Å². The van der Waals surface area contributed by atoms with Crippen molar-refractivity contribution in [2.45, 2.75) is 0 Å². The molecule has 0 unspecified atom stereocenters. The minimum absolute atomic E-state index is 0.112. The van der Waals surface area contributed by atoms with Crippen molar-refractivity contribution in [1.82, 2.24) is 14.0 Å². The Hall–Kier alpha value is -5.81. The molecule has 0 spiro atoms. The smallest absolute Gasteiger partial charge is 0.198 e. The van der Waals surface area contributed by atoms with Gasteiger partial charge in [-0.2, -0.15) is 0 Å². The van der Waals surface area contributed by atoms with Gasteiger partial charge in [0, 0.05) is 39.6 Å². The molecule has 9 aromatic rings. The fourth-order valence-corrected chi connectivity index (χ4v) is 6.63. The number of nitrogens with zero attached hydrogens (tertiary/aromatic N) is 3. The molecular weight excluding hydrogens is 518 g/mol. The van der Waals surface area contributed by atoms with E-state index in [2.05, 4.69) is 68.5 Å². The van der Waals surface area contributed by atoms with Crippen molar-refractivity contribution in [3.8, 4) is 16.8 Å². The summed E-state index contributed by atoms with van der Waals surface area (Å²) in [7, 11) is 0. The van der Waals surface area contributed by atoms with Crippen molar-refractivity contribution in [3.63, 3.8) is 0 Å². The van der Waals surface area contributed by atoms with Gasteiger partial charge in [0.1, 0.15) is 0 Å². The van der Waals surface area contributed by atoms with Gasteiger partial charge in [0.05, 0.1) is 38.4 Å². The number of aromatic nitrogens is 3. The third kappa shape index (κ3) is 2.99. The second-order valence-electron chi connectivity index (χ2n) is 10.7. The van der Waals surface area contributed by atoms with Gasteiger partial charge in [0.2, 0.25) is 0 Å². The average molecular weight is 540 g/mol. The van der Waals surface area contributed by atoms with Crippen molar-refractivity contribution in [2.75, 3.05) is 0 Å². The van der Waals surface area contributed by atoms with Crippen LogP contribution in [0.2, 0.25) is 0 Å². The third-order valence-corrected chi connectivity index (χ3v) is 8.53. The second kappa shape index (κ2) is 8.35. The molecule has 0 amide bonds. The molecule has 9 rings (SSSR count). The lowest BCUT2D eigenvalue weighted by atomic mass is 10.0. The normalized spacial score (nSPS) is 12.0. The Labute approximate surface area is 238 Å². The van der Waals surface area contributed by atoms with Crippen molar-refractivity contribution in [3.05, 3.63) is 148 Å². The molecule has 0 aliphatic heterocycles. The maximum absolute atomic E-state index is 14.1. The molecule has 5 heteroatoms. The molecular formula is C37H21N3O2. The highest BCUT2D eigenvalue weighted by Gasteiger charge is 2.20. The summed E-state index contributed by atoms with van der Waals surface area (Å²) in [4.78, 5) is 31.8. The number of hydrogen-bond acceptors (Lipinski definition) is 3. The number of rotatable bonds is 2.